The van der Waals surface area contributed by atoms with Crippen molar-refractivity contribution in [2.75, 3.05) is 33.2 Å². The third-order valence-electron chi connectivity index (χ3n) is 4.09. The molecule has 2 aromatic carbocycles. The van der Waals surface area contributed by atoms with Gasteiger partial charge in [-0.15, -0.1) is 0 Å². The molecular weight excluding hydrogens is 393 g/mol. The Morgan fingerprint density at radius 3 is 2.33 bits per heavy atom. The van der Waals surface area contributed by atoms with E-state index in [4.69, 9.17) is 26.4 Å². The molecular formula is C21H22FN3O5. The number of anilines is 1. The minimum atomic E-state index is -0.761. The fraction of sp³-hybridized carbons (Fsp3) is 0.190. The second-order valence-electron chi connectivity index (χ2n) is 6.12. The first-order chi connectivity index (χ1) is 14.3. The van der Waals surface area contributed by atoms with Crippen LogP contribution in [0.3, 0.4) is 0 Å². The molecule has 30 heavy (non-hydrogen) atoms. The number of halogens is 1. The molecule has 0 bridgehead atoms. The zero-order valence-corrected chi connectivity index (χ0v) is 16.5. The van der Waals surface area contributed by atoms with Crippen molar-refractivity contribution >= 4 is 28.8 Å². The molecule has 0 unspecified atom stereocenters. The van der Waals surface area contributed by atoms with Crippen LogP contribution in [0.15, 0.2) is 42.5 Å². The van der Waals surface area contributed by atoms with Crippen LogP contribution < -0.4 is 16.2 Å². The number of benzene rings is 2. The maximum atomic E-state index is 14.2. The number of nitrogen functional groups attached to an aromatic ring is 1. The van der Waals surface area contributed by atoms with Gasteiger partial charge in [-0.25, -0.2) is 9.18 Å². The quantitative estimate of drug-likeness (QED) is 0.188. The van der Waals surface area contributed by atoms with Crippen LogP contribution in [-0.4, -0.2) is 44.9 Å². The van der Waals surface area contributed by atoms with Gasteiger partial charge >= 0.3 is 5.97 Å². The van der Waals surface area contributed by atoms with E-state index in [2.05, 4.69) is 4.74 Å². The minimum Gasteiger partial charge on any atom is -0.488 e. The third kappa shape index (κ3) is 5.42. The summed E-state index contributed by atoms with van der Waals surface area (Å²) < 4.78 is 28.9. The van der Waals surface area contributed by atoms with Crippen molar-refractivity contribution in [2.24, 2.45) is 5.73 Å². The predicted octanol–water partition coefficient (Wildman–Crippen LogP) is 2.16. The van der Waals surface area contributed by atoms with Gasteiger partial charge in [0.25, 0.3) is 0 Å². The van der Waals surface area contributed by atoms with Crippen molar-refractivity contribution in [3.8, 4) is 5.75 Å². The molecule has 0 heterocycles. The van der Waals surface area contributed by atoms with E-state index in [1.165, 1.54) is 44.6 Å². The second kappa shape index (κ2) is 10.2. The van der Waals surface area contributed by atoms with E-state index < -0.39 is 23.3 Å². The average Bonchev–Trinajstić information content (AvgIpc) is 2.74. The Balaban J connectivity index is 2.19. The van der Waals surface area contributed by atoms with Gasteiger partial charge in [0.05, 0.1) is 19.3 Å². The summed E-state index contributed by atoms with van der Waals surface area (Å²) in [5, 5.41) is 8.06. The Morgan fingerprint density at radius 2 is 1.73 bits per heavy atom. The molecule has 9 heteroatoms. The standard InChI is InChI=1S/C21H22FN3O5/c1-28-7-8-30-19-11-17(24)14(9-15(19)22)20(25)18(26)10-16(23)12-3-5-13(6-4-12)21(27)29-2/h3-6,9-11,25H,7-8,23-24H2,1-2H3/b16-10-,25-20?. The van der Waals surface area contributed by atoms with Crippen molar-refractivity contribution in [1.82, 2.24) is 0 Å². The van der Waals surface area contributed by atoms with Crippen molar-refractivity contribution < 1.29 is 28.2 Å². The van der Waals surface area contributed by atoms with Gasteiger partial charge in [0.2, 0.25) is 5.78 Å². The van der Waals surface area contributed by atoms with E-state index in [-0.39, 0.29) is 35.9 Å². The molecule has 0 fully saturated rings. The molecule has 2 rings (SSSR count). The maximum Gasteiger partial charge on any atom is 0.337 e. The van der Waals surface area contributed by atoms with Crippen LogP contribution in [0.4, 0.5) is 10.1 Å². The summed E-state index contributed by atoms with van der Waals surface area (Å²) in [4.78, 5) is 23.9. The molecule has 0 aromatic heterocycles. The summed E-state index contributed by atoms with van der Waals surface area (Å²) in [5.74, 6) is -2.13. The van der Waals surface area contributed by atoms with Gasteiger partial charge in [-0.2, -0.15) is 0 Å². The number of ether oxygens (including phenoxy) is 3. The second-order valence-corrected chi connectivity index (χ2v) is 6.12. The summed E-state index contributed by atoms with van der Waals surface area (Å²) in [6, 6.07) is 8.23. The smallest absolute Gasteiger partial charge is 0.337 e. The highest BCUT2D eigenvalue weighted by molar-refractivity contribution is 6.50. The first-order valence-corrected chi connectivity index (χ1v) is 8.78. The molecule has 0 amide bonds. The van der Waals surface area contributed by atoms with Crippen molar-refractivity contribution in [2.45, 2.75) is 0 Å². The van der Waals surface area contributed by atoms with E-state index in [9.17, 15) is 14.0 Å². The third-order valence-corrected chi connectivity index (χ3v) is 4.09. The minimum absolute atomic E-state index is 0.0107. The van der Waals surface area contributed by atoms with E-state index >= 15 is 0 Å². The molecule has 0 atom stereocenters. The Morgan fingerprint density at radius 1 is 1.10 bits per heavy atom. The summed E-state index contributed by atoms with van der Waals surface area (Å²) >= 11 is 0. The van der Waals surface area contributed by atoms with Crippen LogP contribution in [0.1, 0.15) is 21.5 Å². The van der Waals surface area contributed by atoms with Crippen molar-refractivity contribution in [3.63, 3.8) is 0 Å². The number of hydrogen-bond acceptors (Lipinski definition) is 8. The Hall–Kier alpha value is -3.72. The first kappa shape index (κ1) is 22.6. The molecule has 0 aliphatic carbocycles. The normalized spacial score (nSPS) is 11.1. The highest BCUT2D eigenvalue weighted by Gasteiger charge is 2.17. The molecule has 158 valence electrons. The van der Waals surface area contributed by atoms with Gasteiger partial charge in [0.15, 0.2) is 11.6 Å². The summed E-state index contributed by atoms with van der Waals surface area (Å²) in [7, 11) is 2.75. The number of rotatable bonds is 9. The molecule has 5 N–H and O–H groups in total. The summed E-state index contributed by atoms with van der Waals surface area (Å²) in [5.41, 5.74) is 12.0. The molecule has 2 aromatic rings. The number of esters is 1. The zero-order valence-electron chi connectivity index (χ0n) is 16.5. The van der Waals surface area contributed by atoms with Crippen LogP contribution in [0.5, 0.6) is 5.75 Å². The number of carbonyl (C=O) groups is 2. The topological polar surface area (TPSA) is 138 Å². The molecule has 0 aliphatic heterocycles. The molecule has 8 nitrogen and oxygen atoms in total. The Bertz CT molecular complexity index is 987. The van der Waals surface area contributed by atoms with Gasteiger partial charge in [0, 0.05) is 36.2 Å². The number of hydrogen-bond donors (Lipinski definition) is 3. The van der Waals surface area contributed by atoms with E-state index in [1.807, 2.05) is 0 Å². The molecule has 0 radical (unpaired) electrons. The van der Waals surface area contributed by atoms with Crippen LogP contribution in [0.25, 0.3) is 5.70 Å². The fourth-order valence-corrected chi connectivity index (χ4v) is 2.48. The molecule has 0 saturated carbocycles. The van der Waals surface area contributed by atoms with Gasteiger partial charge < -0.3 is 25.7 Å². The molecule has 0 aliphatic rings. The van der Waals surface area contributed by atoms with Crippen molar-refractivity contribution in [3.05, 3.63) is 65.0 Å². The lowest BCUT2D eigenvalue weighted by molar-refractivity contribution is -0.108. The SMILES string of the molecule is COCCOc1cc(N)c(C(=N)C(=O)/C=C(\N)c2ccc(C(=O)OC)cc2)cc1F. The molecule has 0 saturated heterocycles. The number of nitrogens with two attached hydrogens (primary N) is 2. The molecule has 0 spiro atoms. The maximum absolute atomic E-state index is 14.2. The predicted molar refractivity (Wildman–Crippen MR) is 110 cm³/mol. The van der Waals surface area contributed by atoms with Crippen LogP contribution in [0.2, 0.25) is 0 Å². The van der Waals surface area contributed by atoms with Gasteiger partial charge in [-0.3, -0.25) is 10.2 Å². The van der Waals surface area contributed by atoms with Crippen molar-refractivity contribution in [1.29, 1.82) is 5.41 Å². The number of allylic oxidation sites excluding steroid dienone is 1. The Kier molecular flexibility index (Phi) is 7.65. The number of carbonyl (C=O) groups excluding carboxylic acids is 2. The lowest BCUT2D eigenvalue weighted by atomic mass is 10.0. The summed E-state index contributed by atoms with van der Waals surface area (Å²) in [6.07, 6.45) is 1.04. The monoisotopic (exact) mass is 415 g/mol. The number of methoxy groups -OCH3 is 2. The van der Waals surface area contributed by atoms with E-state index in [0.29, 0.717) is 11.1 Å². The van der Waals surface area contributed by atoms with Crippen LogP contribution >= 0.6 is 0 Å². The number of nitrogens with one attached hydrogen (secondary N) is 1. The van der Waals surface area contributed by atoms with E-state index in [1.54, 1.807) is 0 Å². The summed E-state index contributed by atoms with van der Waals surface area (Å²) in [6.45, 7) is 0.386. The zero-order chi connectivity index (χ0) is 22.3. The highest BCUT2D eigenvalue weighted by Crippen LogP contribution is 2.25. The van der Waals surface area contributed by atoms with Crippen LogP contribution in [0, 0.1) is 11.2 Å². The first-order valence-electron chi connectivity index (χ1n) is 8.78. The van der Waals surface area contributed by atoms with Crippen LogP contribution in [-0.2, 0) is 14.3 Å². The highest BCUT2D eigenvalue weighted by atomic mass is 19.1. The van der Waals surface area contributed by atoms with E-state index in [0.717, 1.165) is 12.1 Å². The largest absolute Gasteiger partial charge is 0.488 e. The lowest BCUT2D eigenvalue weighted by Crippen LogP contribution is -2.16. The Labute approximate surface area is 172 Å². The van der Waals surface area contributed by atoms with Gasteiger partial charge in [0.1, 0.15) is 12.3 Å². The average molecular weight is 415 g/mol. The number of ketones is 1. The fourth-order valence-electron chi connectivity index (χ4n) is 2.48. The lowest BCUT2D eigenvalue weighted by Gasteiger charge is -2.11. The van der Waals surface area contributed by atoms with Gasteiger partial charge in [-0.05, 0) is 23.8 Å². The van der Waals surface area contributed by atoms with Gasteiger partial charge in [-0.1, -0.05) is 12.1 Å².